The number of sulfone groups is 1. The van der Waals surface area contributed by atoms with Gasteiger partial charge in [-0.1, -0.05) is 41.9 Å². The molecule has 0 N–H and O–H groups in total. The average molecular weight is 403 g/mol. The molecule has 138 valence electrons. The molecule has 4 rings (SSSR count). The monoisotopic (exact) mass is 402 g/mol. The lowest BCUT2D eigenvalue weighted by Crippen LogP contribution is -2.18. The number of benzene rings is 2. The molecule has 0 aromatic heterocycles. The first-order valence-corrected chi connectivity index (χ1v) is 10.1. The van der Waals surface area contributed by atoms with E-state index in [1.807, 2.05) is 6.07 Å². The van der Waals surface area contributed by atoms with Crippen LogP contribution in [0.4, 0.5) is 0 Å². The third kappa shape index (κ3) is 2.76. The topological polar surface area (TPSA) is 69.7 Å². The van der Waals surface area contributed by atoms with Crippen molar-refractivity contribution in [2.24, 2.45) is 0 Å². The fourth-order valence-electron chi connectivity index (χ4n) is 3.49. The van der Waals surface area contributed by atoms with Gasteiger partial charge >= 0.3 is 5.97 Å². The van der Waals surface area contributed by atoms with Gasteiger partial charge in [0.05, 0.1) is 17.9 Å². The van der Waals surface area contributed by atoms with Crippen LogP contribution >= 0.6 is 11.6 Å². The van der Waals surface area contributed by atoms with Gasteiger partial charge in [0, 0.05) is 16.2 Å². The number of hydrogen-bond acceptors (Lipinski definition) is 5. The quantitative estimate of drug-likeness (QED) is 0.716. The predicted molar refractivity (Wildman–Crippen MR) is 101 cm³/mol. The zero-order valence-electron chi connectivity index (χ0n) is 14.3. The smallest absolute Gasteiger partial charge is 0.334 e. The van der Waals surface area contributed by atoms with Crippen molar-refractivity contribution < 1.29 is 22.7 Å². The second-order valence-corrected chi connectivity index (χ2v) is 8.47. The number of allylic oxidation sites excluding steroid dienone is 1. The van der Waals surface area contributed by atoms with Crippen LogP contribution < -0.4 is 0 Å². The molecule has 7 heteroatoms. The lowest BCUT2D eigenvalue weighted by Gasteiger charge is -2.19. The highest BCUT2D eigenvalue weighted by molar-refractivity contribution is 7.96. The van der Waals surface area contributed by atoms with Crippen LogP contribution in [-0.2, 0) is 24.1 Å². The van der Waals surface area contributed by atoms with Crippen molar-refractivity contribution in [1.82, 2.24) is 0 Å². The molecule has 0 radical (unpaired) electrons. The number of esters is 1. The maximum Gasteiger partial charge on any atom is 0.334 e. The van der Waals surface area contributed by atoms with Crippen molar-refractivity contribution in [3.63, 3.8) is 0 Å². The summed E-state index contributed by atoms with van der Waals surface area (Å²) < 4.78 is 37.4. The van der Waals surface area contributed by atoms with Crippen molar-refractivity contribution in [3.05, 3.63) is 81.2 Å². The van der Waals surface area contributed by atoms with Crippen molar-refractivity contribution in [2.45, 2.75) is 10.8 Å². The zero-order chi connectivity index (χ0) is 19.2. The molecule has 0 spiro atoms. The van der Waals surface area contributed by atoms with Gasteiger partial charge in [-0.05, 0) is 29.8 Å². The van der Waals surface area contributed by atoms with Crippen LogP contribution in [0.3, 0.4) is 0 Å². The molecule has 0 saturated carbocycles. The molecule has 2 heterocycles. The standard InChI is InChI=1S/C20H15ClO5S/c1-25-20(22)14-9-10-26-18-15-11-13(21)7-8-16(15)27(23,24)19(18)17(14)12-5-3-2-4-6-12/h2-9,11,17H,10H2,1H3/t17-/m0/s1. The Kier molecular flexibility index (Phi) is 4.32. The van der Waals surface area contributed by atoms with E-state index in [0.717, 1.165) is 0 Å². The lowest BCUT2D eigenvalue weighted by molar-refractivity contribution is -0.136. The normalized spacial score (nSPS) is 20.1. The molecule has 0 unspecified atom stereocenters. The second-order valence-electron chi connectivity index (χ2n) is 6.14. The predicted octanol–water partition coefficient (Wildman–Crippen LogP) is 3.71. The number of carbonyl (C=O) groups excluding carboxylic acids is 1. The Labute approximate surface area is 161 Å². The van der Waals surface area contributed by atoms with Crippen LogP contribution in [0.1, 0.15) is 17.0 Å². The molecule has 2 aromatic carbocycles. The Morgan fingerprint density at radius 2 is 1.93 bits per heavy atom. The molecule has 0 aliphatic carbocycles. The highest BCUT2D eigenvalue weighted by Gasteiger charge is 2.45. The summed E-state index contributed by atoms with van der Waals surface area (Å²) in [4.78, 5) is 12.6. The first kappa shape index (κ1) is 17.8. The minimum atomic E-state index is -3.87. The van der Waals surface area contributed by atoms with Gasteiger partial charge in [-0.15, -0.1) is 0 Å². The molecule has 27 heavy (non-hydrogen) atoms. The van der Waals surface area contributed by atoms with E-state index < -0.39 is 21.7 Å². The van der Waals surface area contributed by atoms with E-state index in [-0.39, 0.29) is 27.7 Å². The van der Waals surface area contributed by atoms with Crippen molar-refractivity contribution in [2.75, 3.05) is 13.7 Å². The van der Waals surface area contributed by atoms with Gasteiger partial charge in [-0.25, -0.2) is 13.2 Å². The fraction of sp³-hybridized carbons (Fsp3) is 0.150. The van der Waals surface area contributed by atoms with Gasteiger partial charge in [0.25, 0.3) is 0 Å². The number of ether oxygens (including phenoxy) is 2. The van der Waals surface area contributed by atoms with E-state index in [1.54, 1.807) is 36.4 Å². The maximum atomic E-state index is 13.4. The summed E-state index contributed by atoms with van der Waals surface area (Å²) >= 11 is 6.08. The molecule has 1 atom stereocenters. The summed E-state index contributed by atoms with van der Waals surface area (Å²) in [6.07, 6.45) is 1.57. The highest BCUT2D eigenvalue weighted by Crippen LogP contribution is 2.50. The third-order valence-corrected chi connectivity index (χ3v) is 6.82. The van der Waals surface area contributed by atoms with Crippen LogP contribution in [0.25, 0.3) is 5.76 Å². The zero-order valence-corrected chi connectivity index (χ0v) is 15.9. The SMILES string of the molecule is COC(=O)C1=CCOC2=C([C@H]1c1ccccc1)S(=O)(=O)c1ccc(Cl)cc12. The Hall–Kier alpha value is -2.57. The molecule has 5 nitrogen and oxygen atoms in total. The molecule has 0 bridgehead atoms. The Bertz CT molecular complexity index is 1100. The minimum absolute atomic E-state index is 0.0418. The first-order chi connectivity index (χ1) is 12.9. The highest BCUT2D eigenvalue weighted by atomic mass is 35.5. The summed E-state index contributed by atoms with van der Waals surface area (Å²) in [5, 5.41) is 0.406. The maximum absolute atomic E-state index is 13.4. The van der Waals surface area contributed by atoms with Crippen molar-refractivity contribution >= 4 is 33.2 Å². The summed E-state index contributed by atoms with van der Waals surface area (Å²) in [6, 6.07) is 13.5. The van der Waals surface area contributed by atoms with Crippen LogP contribution in [0.2, 0.25) is 5.02 Å². The molecular weight excluding hydrogens is 388 g/mol. The Morgan fingerprint density at radius 1 is 1.19 bits per heavy atom. The van der Waals surface area contributed by atoms with E-state index in [0.29, 0.717) is 16.1 Å². The van der Waals surface area contributed by atoms with Gasteiger partial charge < -0.3 is 9.47 Å². The van der Waals surface area contributed by atoms with Crippen molar-refractivity contribution in [3.8, 4) is 0 Å². The van der Waals surface area contributed by atoms with E-state index in [4.69, 9.17) is 21.1 Å². The van der Waals surface area contributed by atoms with Gasteiger partial charge in [-0.3, -0.25) is 0 Å². The van der Waals surface area contributed by atoms with Gasteiger partial charge in [0.15, 0.2) is 0 Å². The molecule has 2 aliphatic heterocycles. The van der Waals surface area contributed by atoms with Crippen LogP contribution in [0, 0.1) is 0 Å². The Morgan fingerprint density at radius 3 is 2.63 bits per heavy atom. The van der Waals surface area contributed by atoms with Crippen LogP contribution in [0.15, 0.2) is 70.0 Å². The number of halogens is 1. The minimum Gasteiger partial charge on any atom is -0.488 e. The molecular formula is C20H15ClO5S. The van der Waals surface area contributed by atoms with Crippen molar-refractivity contribution in [1.29, 1.82) is 0 Å². The van der Waals surface area contributed by atoms with E-state index in [1.165, 1.54) is 19.2 Å². The van der Waals surface area contributed by atoms with E-state index >= 15 is 0 Å². The third-order valence-electron chi connectivity index (χ3n) is 4.65. The van der Waals surface area contributed by atoms with Crippen LogP contribution in [0.5, 0.6) is 0 Å². The molecule has 0 saturated heterocycles. The first-order valence-electron chi connectivity index (χ1n) is 8.20. The fourth-order valence-corrected chi connectivity index (χ4v) is 5.58. The summed E-state index contributed by atoms with van der Waals surface area (Å²) in [5.41, 5.74) is 1.31. The Balaban J connectivity index is 2.02. The molecule has 2 aromatic rings. The summed E-state index contributed by atoms with van der Waals surface area (Å²) in [7, 11) is -2.60. The average Bonchev–Trinajstić information content (AvgIpc) is 2.80. The second kappa shape index (κ2) is 6.55. The molecule has 0 fully saturated rings. The van der Waals surface area contributed by atoms with Gasteiger partial charge in [0.2, 0.25) is 9.84 Å². The van der Waals surface area contributed by atoms with Crippen LogP contribution in [-0.4, -0.2) is 28.1 Å². The number of hydrogen-bond donors (Lipinski definition) is 0. The number of rotatable bonds is 2. The van der Waals surface area contributed by atoms with Gasteiger partial charge in [-0.2, -0.15) is 0 Å². The largest absolute Gasteiger partial charge is 0.488 e. The number of methoxy groups -OCH3 is 1. The van der Waals surface area contributed by atoms with E-state index in [2.05, 4.69) is 0 Å². The summed E-state index contributed by atoms with van der Waals surface area (Å²) in [5.74, 6) is -1.19. The number of carbonyl (C=O) groups is 1. The molecule has 0 amide bonds. The van der Waals surface area contributed by atoms with Gasteiger partial charge in [0.1, 0.15) is 17.3 Å². The number of fused-ring (bicyclic) bond motifs is 2. The molecule has 2 aliphatic rings. The lowest BCUT2D eigenvalue weighted by atomic mass is 9.89. The summed E-state index contributed by atoms with van der Waals surface area (Å²) in [6.45, 7) is 0.0497. The van der Waals surface area contributed by atoms with E-state index in [9.17, 15) is 13.2 Å².